The van der Waals surface area contributed by atoms with Gasteiger partial charge in [-0.05, 0) is 24.3 Å². The van der Waals surface area contributed by atoms with Gasteiger partial charge in [0.05, 0.1) is 0 Å². The van der Waals surface area contributed by atoms with E-state index in [4.69, 9.17) is 4.55 Å². The third-order valence-corrected chi connectivity index (χ3v) is 2.46. The molecule has 5 nitrogen and oxygen atoms in total. The molecule has 0 bridgehead atoms. The maximum atomic E-state index is 10.7. The Kier molecular flexibility index (Phi) is 1.94. The summed E-state index contributed by atoms with van der Waals surface area (Å²) in [5, 5.41) is 0.337. The Labute approximate surface area is 80.2 Å². The van der Waals surface area contributed by atoms with Crippen LogP contribution in [0.4, 0.5) is 0 Å². The summed E-state index contributed by atoms with van der Waals surface area (Å²) in [5.41, 5.74) is 0.294. The zero-order chi connectivity index (χ0) is 10.2. The topological polar surface area (TPSA) is 80.2 Å². The van der Waals surface area contributed by atoms with Crippen LogP contribution in [0.15, 0.2) is 35.5 Å². The number of pyridine rings is 2. The van der Waals surface area contributed by atoms with E-state index < -0.39 is 10.1 Å². The monoisotopic (exact) mass is 210 g/mol. The molecule has 1 N–H and O–H groups in total. The normalized spacial score (nSPS) is 11.8. The summed E-state index contributed by atoms with van der Waals surface area (Å²) >= 11 is 0. The van der Waals surface area contributed by atoms with Crippen molar-refractivity contribution in [2.75, 3.05) is 0 Å². The molecule has 0 aliphatic rings. The summed E-state index contributed by atoms with van der Waals surface area (Å²) in [7, 11) is -4.25. The average Bonchev–Trinajstić information content (AvgIpc) is 2.16. The molecule has 14 heavy (non-hydrogen) atoms. The molecule has 0 unspecified atom stereocenters. The van der Waals surface area contributed by atoms with Crippen LogP contribution < -0.4 is 0 Å². The van der Waals surface area contributed by atoms with E-state index in [0.29, 0.717) is 5.65 Å². The van der Waals surface area contributed by atoms with E-state index in [1.54, 1.807) is 18.2 Å². The molecule has 0 saturated heterocycles. The molecule has 2 heterocycles. The first-order valence-electron chi connectivity index (χ1n) is 3.77. The molecule has 0 atom stereocenters. The van der Waals surface area contributed by atoms with Crippen molar-refractivity contribution in [1.29, 1.82) is 0 Å². The van der Waals surface area contributed by atoms with Crippen molar-refractivity contribution < 1.29 is 13.0 Å². The van der Waals surface area contributed by atoms with E-state index in [-0.39, 0.29) is 5.03 Å². The Morgan fingerprint density at radius 3 is 2.71 bits per heavy atom. The fourth-order valence-corrected chi connectivity index (χ4v) is 1.52. The average molecular weight is 210 g/mol. The maximum Gasteiger partial charge on any atom is 0.312 e. The summed E-state index contributed by atoms with van der Waals surface area (Å²) in [4.78, 5) is 7.57. The lowest BCUT2D eigenvalue weighted by Gasteiger charge is -1.97. The molecule has 2 aromatic heterocycles. The molecule has 72 valence electrons. The van der Waals surface area contributed by atoms with E-state index in [2.05, 4.69) is 9.97 Å². The van der Waals surface area contributed by atoms with Crippen molar-refractivity contribution in [3.63, 3.8) is 0 Å². The van der Waals surface area contributed by atoms with Gasteiger partial charge in [-0.15, -0.1) is 0 Å². The van der Waals surface area contributed by atoms with Gasteiger partial charge in [0.1, 0.15) is 0 Å². The van der Waals surface area contributed by atoms with Crippen molar-refractivity contribution in [3.05, 3.63) is 30.5 Å². The first-order valence-corrected chi connectivity index (χ1v) is 5.21. The third-order valence-electron chi connectivity index (χ3n) is 1.70. The van der Waals surface area contributed by atoms with Gasteiger partial charge in [-0.25, -0.2) is 9.97 Å². The Morgan fingerprint density at radius 2 is 2.00 bits per heavy atom. The zero-order valence-electron chi connectivity index (χ0n) is 6.95. The highest BCUT2D eigenvalue weighted by Crippen LogP contribution is 2.12. The van der Waals surface area contributed by atoms with Crippen molar-refractivity contribution in [2.24, 2.45) is 0 Å². The second-order valence-corrected chi connectivity index (χ2v) is 4.04. The van der Waals surface area contributed by atoms with Crippen LogP contribution in [-0.4, -0.2) is 22.9 Å². The maximum absolute atomic E-state index is 10.7. The molecule has 0 aromatic carbocycles. The first kappa shape index (κ1) is 9.04. The van der Waals surface area contributed by atoms with Crippen LogP contribution in [0.3, 0.4) is 0 Å². The van der Waals surface area contributed by atoms with E-state index in [9.17, 15) is 8.42 Å². The number of nitrogens with zero attached hydrogens (tertiary/aromatic N) is 2. The largest absolute Gasteiger partial charge is 0.312 e. The summed E-state index contributed by atoms with van der Waals surface area (Å²) in [5.74, 6) is 0. The summed E-state index contributed by atoms with van der Waals surface area (Å²) in [6, 6.07) is 6.25. The van der Waals surface area contributed by atoms with E-state index in [1.807, 2.05) is 0 Å². The predicted molar refractivity (Wildman–Crippen MR) is 49.4 cm³/mol. The Morgan fingerprint density at radius 1 is 1.21 bits per heavy atom. The minimum atomic E-state index is -4.25. The van der Waals surface area contributed by atoms with Crippen molar-refractivity contribution in [3.8, 4) is 0 Å². The van der Waals surface area contributed by atoms with Gasteiger partial charge in [0.15, 0.2) is 10.7 Å². The molecule has 0 radical (unpaired) electrons. The molecule has 0 spiro atoms. The van der Waals surface area contributed by atoms with Crippen molar-refractivity contribution in [1.82, 2.24) is 9.97 Å². The molecular weight excluding hydrogens is 204 g/mol. The molecule has 6 heteroatoms. The second-order valence-electron chi connectivity index (χ2n) is 2.67. The lowest BCUT2D eigenvalue weighted by molar-refractivity contribution is 0.479. The van der Waals surface area contributed by atoms with Gasteiger partial charge in [-0.1, -0.05) is 0 Å². The Bertz CT molecular complexity index is 580. The molecule has 2 rings (SSSR count). The molecule has 0 amide bonds. The highest BCUT2D eigenvalue weighted by atomic mass is 32.2. The fourth-order valence-electron chi connectivity index (χ4n) is 1.08. The SMILES string of the molecule is O=S(=O)(O)c1ccc2cccnc2n1. The van der Waals surface area contributed by atoms with Crippen molar-refractivity contribution >= 4 is 21.2 Å². The summed E-state index contributed by atoms with van der Waals surface area (Å²) in [6.07, 6.45) is 1.50. The number of hydrogen-bond donors (Lipinski definition) is 1. The Hall–Kier alpha value is -1.53. The molecular formula is C8H6N2O3S. The predicted octanol–water partition coefficient (Wildman–Crippen LogP) is 0.877. The highest BCUT2D eigenvalue weighted by molar-refractivity contribution is 7.85. The third kappa shape index (κ3) is 1.57. The highest BCUT2D eigenvalue weighted by Gasteiger charge is 2.11. The zero-order valence-corrected chi connectivity index (χ0v) is 7.77. The molecule has 0 fully saturated rings. The van der Waals surface area contributed by atoms with Gasteiger partial charge >= 0.3 is 10.1 Å². The molecule has 0 aliphatic carbocycles. The minimum absolute atomic E-state index is 0.294. The standard InChI is InChI=1S/C8H6N2O3S/c11-14(12,13)7-4-3-6-2-1-5-9-8(6)10-7/h1-5H,(H,11,12,13). The summed E-state index contributed by atoms with van der Waals surface area (Å²) in [6.45, 7) is 0. The molecule has 2 aromatic rings. The van der Waals surface area contributed by atoms with Gasteiger partial charge < -0.3 is 0 Å². The van der Waals surface area contributed by atoms with Crippen LogP contribution in [0.1, 0.15) is 0 Å². The number of fused-ring (bicyclic) bond motifs is 1. The Balaban J connectivity index is 2.75. The van der Waals surface area contributed by atoms with Gasteiger partial charge in [0, 0.05) is 11.6 Å². The van der Waals surface area contributed by atoms with Crippen LogP contribution >= 0.6 is 0 Å². The van der Waals surface area contributed by atoms with E-state index >= 15 is 0 Å². The van der Waals surface area contributed by atoms with Crippen LogP contribution in [0.5, 0.6) is 0 Å². The summed E-state index contributed by atoms with van der Waals surface area (Å²) < 4.78 is 30.2. The smallest absolute Gasteiger partial charge is 0.281 e. The number of rotatable bonds is 1. The van der Waals surface area contributed by atoms with Crippen molar-refractivity contribution in [2.45, 2.75) is 5.03 Å². The lowest BCUT2D eigenvalue weighted by atomic mass is 10.3. The van der Waals surface area contributed by atoms with Gasteiger partial charge in [-0.3, -0.25) is 4.55 Å². The fraction of sp³-hybridized carbons (Fsp3) is 0. The van der Waals surface area contributed by atoms with Gasteiger partial charge in [0.25, 0.3) is 0 Å². The van der Waals surface area contributed by atoms with E-state index in [1.165, 1.54) is 12.3 Å². The lowest BCUT2D eigenvalue weighted by Crippen LogP contribution is -2.01. The number of aromatic nitrogens is 2. The van der Waals surface area contributed by atoms with Crippen LogP contribution in [0, 0.1) is 0 Å². The second kappa shape index (κ2) is 3.00. The van der Waals surface area contributed by atoms with Gasteiger partial charge in [-0.2, -0.15) is 8.42 Å². The van der Waals surface area contributed by atoms with Crippen LogP contribution in [0.25, 0.3) is 11.0 Å². The van der Waals surface area contributed by atoms with Gasteiger partial charge in [0.2, 0.25) is 0 Å². The van der Waals surface area contributed by atoms with Crippen LogP contribution in [-0.2, 0) is 10.1 Å². The van der Waals surface area contributed by atoms with E-state index in [0.717, 1.165) is 5.39 Å². The molecule has 0 saturated carbocycles. The quantitative estimate of drug-likeness (QED) is 0.706. The first-order chi connectivity index (χ1) is 6.57. The minimum Gasteiger partial charge on any atom is -0.281 e. The molecule has 0 aliphatic heterocycles. The number of hydrogen-bond acceptors (Lipinski definition) is 4. The van der Waals surface area contributed by atoms with Crippen LogP contribution in [0.2, 0.25) is 0 Å².